The fourth-order valence-corrected chi connectivity index (χ4v) is 1.32. The number of hydrogen-bond donors (Lipinski definition) is 0. The lowest BCUT2D eigenvalue weighted by Gasteiger charge is -2.11. The first-order chi connectivity index (χ1) is 7.67. The third kappa shape index (κ3) is 2.13. The molecule has 0 unspecified atom stereocenters. The van der Waals surface area contributed by atoms with Crippen molar-refractivity contribution in [1.29, 1.82) is 0 Å². The second-order valence-corrected chi connectivity index (χ2v) is 2.91. The van der Waals surface area contributed by atoms with Gasteiger partial charge < -0.3 is 14.2 Å². The molecule has 5 heteroatoms. The van der Waals surface area contributed by atoms with E-state index in [0.29, 0.717) is 17.8 Å². The molecule has 86 valence electrons. The zero-order valence-electron chi connectivity index (χ0n) is 9.27. The van der Waals surface area contributed by atoms with E-state index < -0.39 is 5.97 Å². The van der Waals surface area contributed by atoms with E-state index in [0.717, 1.165) is 0 Å². The van der Waals surface area contributed by atoms with Crippen molar-refractivity contribution >= 4 is 12.3 Å². The number of carbonyl (C=O) groups excluding carboxylic acids is 2. The summed E-state index contributed by atoms with van der Waals surface area (Å²) in [6.45, 7) is 0. The lowest BCUT2D eigenvalue weighted by Crippen LogP contribution is -2.04. The van der Waals surface area contributed by atoms with E-state index in [9.17, 15) is 9.59 Å². The summed E-state index contributed by atoms with van der Waals surface area (Å²) < 4.78 is 14.6. The molecule has 0 fully saturated rings. The van der Waals surface area contributed by atoms with E-state index in [4.69, 9.17) is 9.47 Å². The first-order valence-corrected chi connectivity index (χ1v) is 4.47. The average molecular weight is 224 g/mol. The maximum absolute atomic E-state index is 11.3. The van der Waals surface area contributed by atoms with Gasteiger partial charge in [0.2, 0.25) is 0 Å². The molecule has 0 aliphatic carbocycles. The van der Waals surface area contributed by atoms with Crippen LogP contribution in [0.5, 0.6) is 11.5 Å². The van der Waals surface area contributed by atoms with Gasteiger partial charge in [-0.2, -0.15) is 0 Å². The van der Waals surface area contributed by atoms with Crippen molar-refractivity contribution in [2.75, 3.05) is 21.3 Å². The van der Waals surface area contributed by atoms with Gasteiger partial charge in [0.05, 0.1) is 32.5 Å². The number of aldehydes is 1. The highest BCUT2D eigenvalue weighted by atomic mass is 16.5. The number of methoxy groups -OCH3 is 3. The molecule has 0 aromatic heterocycles. The molecule has 0 heterocycles. The summed E-state index contributed by atoms with van der Waals surface area (Å²) in [4.78, 5) is 22.1. The number of carbonyl (C=O) groups is 2. The predicted octanol–water partition coefficient (Wildman–Crippen LogP) is 1.30. The molecular weight excluding hydrogens is 212 g/mol. The Morgan fingerprint density at radius 1 is 1.19 bits per heavy atom. The van der Waals surface area contributed by atoms with E-state index in [1.165, 1.54) is 33.5 Å². The summed E-state index contributed by atoms with van der Waals surface area (Å²) in [6.07, 6.45) is 0.591. The minimum atomic E-state index is -0.538. The minimum absolute atomic E-state index is 0.238. The van der Waals surface area contributed by atoms with Gasteiger partial charge in [0.1, 0.15) is 0 Å². The third-order valence-corrected chi connectivity index (χ3v) is 2.06. The molecule has 0 atom stereocenters. The number of esters is 1. The number of rotatable bonds is 4. The van der Waals surface area contributed by atoms with E-state index in [2.05, 4.69) is 4.74 Å². The van der Waals surface area contributed by atoms with Gasteiger partial charge in [-0.15, -0.1) is 0 Å². The molecule has 0 aliphatic rings. The maximum Gasteiger partial charge on any atom is 0.338 e. The van der Waals surface area contributed by atoms with Crippen molar-refractivity contribution in [1.82, 2.24) is 0 Å². The molecule has 0 aliphatic heterocycles. The summed E-state index contributed by atoms with van der Waals surface area (Å²) in [7, 11) is 4.11. The summed E-state index contributed by atoms with van der Waals surface area (Å²) in [6, 6.07) is 2.85. The van der Waals surface area contributed by atoms with Crippen molar-refractivity contribution in [2.45, 2.75) is 0 Å². The van der Waals surface area contributed by atoms with E-state index >= 15 is 0 Å². The second-order valence-electron chi connectivity index (χ2n) is 2.91. The Morgan fingerprint density at radius 2 is 1.88 bits per heavy atom. The molecule has 0 radical (unpaired) electrons. The highest BCUT2D eigenvalue weighted by molar-refractivity contribution is 5.94. The van der Waals surface area contributed by atoms with Crippen LogP contribution in [0.4, 0.5) is 0 Å². The van der Waals surface area contributed by atoms with Crippen molar-refractivity contribution < 1.29 is 23.8 Å². The summed E-state index contributed by atoms with van der Waals surface area (Å²) in [5.74, 6) is 0.0710. The molecule has 0 bridgehead atoms. The van der Waals surface area contributed by atoms with Gasteiger partial charge >= 0.3 is 5.97 Å². The van der Waals surface area contributed by atoms with Gasteiger partial charge in [0.25, 0.3) is 0 Å². The van der Waals surface area contributed by atoms with Gasteiger partial charge in [-0.3, -0.25) is 4.79 Å². The molecule has 0 N–H and O–H groups in total. The summed E-state index contributed by atoms with van der Waals surface area (Å²) in [5.41, 5.74) is 0.476. The van der Waals surface area contributed by atoms with Crippen LogP contribution in [0, 0.1) is 0 Å². The van der Waals surface area contributed by atoms with Crippen molar-refractivity contribution in [3.63, 3.8) is 0 Å². The molecule has 0 amide bonds. The minimum Gasteiger partial charge on any atom is -0.493 e. The van der Waals surface area contributed by atoms with Crippen LogP contribution in [0.2, 0.25) is 0 Å². The van der Waals surface area contributed by atoms with Crippen LogP contribution in [0.25, 0.3) is 0 Å². The van der Waals surface area contributed by atoms with Crippen LogP contribution in [-0.2, 0) is 4.74 Å². The molecule has 0 spiro atoms. The van der Waals surface area contributed by atoms with Crippen LogP contribution in [0.15, 0.2) is 12.1 Å². The standard InChI is InChI=1S/C11H12O5/c1-14-9-5-7(11(13)16-3)4-8(6-12)10(9)15-2/h4-6H,1-3H3. The monoisotopic (exact) mass is 224 g/mol. The smallest absolute Gasteiger partial charge is 0.338 e. The maximum atomic E-state index is 11.3. The molecule has 16 heavy (non-hydrogen) atoms. The molecule has 1 aromatic carbocycles. The molecule has 0 saturated carbocycles. The van der Waals surface area contributed by atoms with E-state index in [1.807, 2.05) is 0 Å². The summed E-state index contributed by atoms with van der Waals surface area (Å²) >= 11 is 0. The van der Waals surface area contributed by atoms with Crippen molar-refractivity contribution in [3.8, 4) is 11.5 Å². The highest BCUT2D eigenvalue weighted by Crippen LogP contribution is 2.31. The fraction of sp³-hybridized carbons (Fsp3) is 0.273. The molecule has 1 aromatic rings. The van der Waals surface area contributed by atoms with Crippen molar-refractivity contribution in [2.24, 2.45) is 0 Å². The highest BCUT2D eigenvalue weighted by Gasteiger charge is 2.15. The largest absolute Gasteiger partial charge is 0.493 e. The van der Waals surface area contributed by atoms with Gasteiger partial charge in [-0.25, -0.2) is 4.79 Å². The summed E-state index contributed by atoms with van der Waals surface area (Å²) in [5, 5.41) is 0. The Bertz CT molecular complexity index is 411. The van der Waals surface area contributed by atoms with Crippen LogP contribution >= 0.6 is 0 Å². The molecule has 0 saturated heterocycles. The van der Waals surface area contributed by atoms with E-state index in [-0.39, 0.29) is 11.1 Å². The topological polar surface area (TPSA) is 61.8 Å². The Morgan fingerprint density at radius 3 is 2.31 bits per heavy atom. The number of hydrogen-bond acceptors (Lipinski definition) is 5. The molecule has 1 rings (SSSR count). The SMILES string of the molecule is COC(=O)c1cc(C=O)c(OC)c(OC)c1. The molecular formula is C11H12O5. The lowest BCUT2D eigenvalue weighted by atomic mass is 10.1. The first kappa shape index (κ1) is 12.0. The number of ether oxygens (including phenoxy) is 3. The Labute approximate surface area is 92.9 Å². The Hall–Kier alpha value is -2.04. The van der Waals surface area contributed by atoms with Crippen LogP contribution < -0.4 is 9.47 Å². The third-order valence-electron chi connectivity index (χ3n) is 2.06. The Balaban J connectivity index is 3.36. The fourth-order valence-electron chi connectivity index (χ4n) is 1.32. The van der Waals surface area contributed by atoms with Gasteiger partial charge in [0.15, 0.2) is 17.8 Å². The normalized spacial score (nSPS) is 9.44. The zero-order valence-corrected chi connectivity index (χ0v) is 9.27. The Kier molecular flexibility index (Phi) is 3.88. The second kappa shape index (κ2) is 5.16. The first-order valence-electron chi connectivity index (χ1n) is 4.47. The van der Waals surface area contributed by atoms with Gasteiger partial charge in [-0.1, -0.05) is 0 Å². The predicted molar refractivity (Wildman–Crippen MR) is 56.3 cm³/mol. The van der Waals surface area contributed by atoms with Crippen LogP contribution in [-0.4, -0.2) is 33.6 Å². The molecule has 5 nitrogen and oxygen atoms in total. The average Bonchev–Trinajstić information content (AvgIpc) is 2.35. The van der Waals surface area contributed by atoms with Crippen LogP contribution in [0.1, 0.15) is 20.7 Å². The zero-order chi connectivity index (χ0) is 12.1. The van der Waals surface area contributed by atoms with Crippen LogP contribution in [0.3, 0.4) is 0 Å². The van der Waals surface area contributed by atoms with Gasteiger partial charge in [0, 0.05) is 0 Å². The quantitative estimate of drug-likeness (QED) is 0.570. The van der Waals surface area contributed by atoms with E-state index in [1.54, 1.807) is 0 Å². The van der Waals surface area contributed by atoms with Gasteiger partial charge in [-0.05, 0) is 12.1 Å². The van der Waals surface area contributed by atoms with Crippen molar-refractivity contribution in [3.05, 3.63) is 23.3 Å². The number of benzene rings is 1. The lowest BCUT2D eigenvalue weighted by molar-refractivity contribution is 0.0600.